The van der Waals surface area contributed by atoms with E-state index in [1.165, 1.54) is 30.3 Å². The molecule has 0 aliphatic heterocycles. The number of aryl methyl sites for hydroxylation is 2. The minimum absolute atomic E-state index is 0.000679. The van der Waals surface area contributed by atoms with E-state index in [0.717, 1.165) is 6.26 Å². The van der Waals surface area contributed by atoms with Crippen molar-refractivity contribution in [3.8, 4) is 0 Å². The molecular formula is C17H19NO6S2. The van der Waals surface area contributed by atoms with Crippen LogP contribution in [-0.2, 0) is 31.1 Å². The number of sulfone groups is 1. The zero-order chi connectivity index (χ0) is 19.5. The summed E-state index contributed by atoms with van der Waals surface area (Å²) in [5.74, 6) is -0.926. The van der Waals surface area contributed by atoms with Crippen molar-refractivity contribution < 1.29 is 26.7 Å². The highest BCUT2D eigenvalue weighted by Crippen LogP contribution is 2.23. The highest BCUT2D eigenvalue weighted by molar-refractivity contribution is 7.92. The van der Waals surface area contributed by atoms with Crippen LogP contribution < -0.4 is 4.72 Å². The smallest absolute Gasteiger partial charge is 0.303 e. The van der Waals surface area contributed by atoms with Crippen LogP contribution in [0.3, 0.4) is 0 Å². The van der Waals surface area contributed by atoms with E-state index < -0.39 is 25.8 Å². The van der Waals surface area contributed by atoms with Crippen LogP contribution >= 0.6 is 0 Å². The van der Waals surface area contributed by atoms with Crippen LogP contribution in [0.2, 0.25) is 0 Å². The maximum atomic E-state index is 12.5. The molecule has 2 rings (SSSR count). The van der Waals surface area contributed by atoms with Crippen LogP contribution in [0.15, 0.2) is 52.3 Å². The van der Waals surface area contributed by atoms with Gasteiger partial charge in [0.25, 0.3) is 10.0 Å². The van der Waals surface area contributed by atoms with Gasteiger partial charge in [-0.05, 0) is 48.7 Å². The number of carboxylic acids is 1. The molecule has 0 spiro atoms. The van der Waals surface area contributed by atoms with Crippen molar-refractivity contribution in [1.29, 1.82) is 0 Å². The number of anilines is 1. The van der Waals surface area contributed by atoms with Crippen LogP contribution in [-0.4, -0.2) is 34.2 Å². The largest absolute Gasteiger partial charge is 0.481 e. The lowest BCUT2D eigenvalue weighted by Crippen LogP contribution is -2.14. The first-order chi connectivity index (χ1) is 12.0. The van der Waals surface area contributed by atoms with Crippen LogP contribution in [0.5, 0.6) is 0 Å². The van der Waals surface area contributed by atoms with E-state index in [0.29, 0.717) is 17.5 Å². The Morgan fingerprint density at radius 3 is 2.12 bits per heavy atom. The molecule has 140 valence electrons. The summed E-state index contributed by atoms with van der Waals surface area (Å²) in [5.41, 5.74) is 1.48. The van der Waals surface area contributed by atoms with Crippen molar-refractivity contribution in [2.45, 2.75) is 29.6 Å². The highest BCUT2D eigenvalue weighted by atomic mass is 32.2. The molecule has 2 N–H and O–H groups in total. The molecule has 0 amide bonds. The molecule has 0 heterocycles. The summed E-state index contributed by atoms with van der Waals surface area (Å²) in [5, 5.41) is 8.68. The minimum Gasteiger partial charge on any atom is -0.481 e. The fourth-order valence-corrected chi connectivity index (χ4v) is 4.00. The molecule has 0 saturated heterocycles. The Bertz CT molecular complexity index is 1030. The SMILES string of the molecule is Cc1ccc(S(C)(=O)=O)cc1NS(=O)(=O)c1ccc(CCC(=O)O)cc1. The molecule has 0 radical (unpaired) electrons. The number of carbonyl (C=O) groups is 1. The molecule has 0 aliphatic rings. The van der Waals surface area contributed by atoms with Crippen molar-refractivity contribution in [3.05, 3.63) is 53.6 Å². The van der Waals surface area contributed by atoms with E-state index in [4.69, 9.17) is 5.11 Å². The summed E-state index contributed by atoms with van der Waals surface area (Å²) in [6, 6.07) is 10.1. The van der Waals surface area contributed by atoms with Gasteiger partial charge in [-0.2, -0.15) is 0 Å². The van der Waals surface area contributed by atoms with Gasteiger partial charge >= 0.3 is 5.97 Å². The molecule has 0 aliphatic carbocycles. The molecule has 0 aromatic heterocycles. The topological polar surface area (TPSA) is 118 Å². The third-order valence-corrected chi connectivity index (χ3v) is 6.23. The monoisotopic (exact) mass is 397 g/mol. The molecule has 0 bridgehead atoms. The normalized spacial score (nSPS) is 11.9. The van der Waals surface area contributed by atoms with Crippen LogP contribution in [0, 0.1) is 6.92 Å². The third kappa shape index (κ3) is 5.06. The highest BCUT2D eigenvalue weighted by Gasteiger charge is 2.17. The number of hydrogen-bond donors (Lipinski definition) is 2. The zero-order valence-electron chi connectivity index (χ0n) is 14.3. The Labute approximate surface area is 152 Å². The Morgan fingerprint density at radius 2 is 1.58 bits per heavy atom. The van der Waals surface area contributed by atoms with Gasteiger partial charge in [-0.3, -0.25) is 9.52 Å². The molecule has 9 heteroatoms. The molecule has 0 unspecified atom stereocenters. The minimum atomic E-state index is -3.91. The van der Waals surface area contributed by atoms with Crippen LogP contribution in [0.25, 0.3) is 0 Å². The quantitative estimate of drug-likeness (QED) is 0.740. The van der Waals surface area contributed by atoms with E-state index in [1.807, 2.05) is 0 Å². The van der Waals surface area contributed by atoms with E-state index in [-0.39, 0.29) is 21.9 Å². The van der Waals surface area contributed by atoms with E-state index in [9.17, 15) is 21.6 Å². The molecule has 0 saturated carbocycles. The Hall–Kier alpha value is -2.39. The van der Waals surface area contributed by atoms with E-state index >= 15 is 0 Å². The van der Waals surface area contributed by atoms with Gasteiger partial charge < -0.3 is 5.11 Å². The summed E-state index contributed by atoms with van der Waals surface area (Å²) in [7, 11) is -7.37. The zero-order valence-corrected chi connectivity index (χ0v) is 15.9. The first kappa shape index (κ1) is 19.9. The van der Waals surface area contributed by atoms with Gasteiger partial charge in [0.05, 0.1) is 15.5 Å². The summed E-state index contributed by atoms with van der Waals surface area (Å²) in [6.45, 7) is 1.67. The number of carboxylic acid groups (broad SMARTS) is 1. The summed E-state index contributed by atoms with van der Waals surface area (Å²) in [4.78, 5) is 10.6. The van der Waals surface area contributed by atoms with Gasteiger partial charge in [0.2, 0.25) is 0 Å². The number of aliphatic carboxylic acids is 1. The first-order valence-electron chi connectivity index (χ1n) is 7.63. The second-order valence-electron chi connectivity index (χ2n) is 5.89. The maximum Gasteiger partial charge on any atom is 0.303 e. The average molecular weight is 397 g/mol. The van der Waals surface area contributed by atoms with E-state index in [1.54, 1.807) is 19.1 Å². The third-order valence-electron chi connectivity index (χ3n) is 3.74. The summed E-state index contributed by atoms with van der Waals surface area (Å²) in [6.07, 6.45) is 1.31. The Balaban J connectivity index is 2.27. The first-order valence-corrected chi connectivity index (χ1v) is 11.0. The summed E-state index contributed by atoms with van der Waals surface area (Å²) < 4.78 is 50.8. The molecule has 26 heavy (non-hydrogen) atoms. The van der Waals surface area contributed by atoms with Crippen LogP contribution in [0.1, 0.15) is 17.5 Å². The number of nitrogens with one attached hydrogen (secondary N) is 1. The van der Waals surface area contributed by atoms with Gasteiger partial charge in [0, 0.05) is 12.7 Å². The van der Waals surface area contributed by atoms with Gasteiger partial charge in [-0.15, -0.1) is 0 Å². The second kappa shape index (κ2) is 7.46. The van der Waals surface area contributed by atoms with Crippen molar-refractivity contribution in [2.24, 2.45) is 0 Å². The van der Waals surface area contributed by atoms with Gasteiger partial charge in [-0.25, -0.2) is 16.8 Å². The Morgan fingerprint density at radius 1 is 1.00 bits per heavy atom. The van der Waals surface area contributed by atoms with Crippen LogP contribution in [0.4, 0.5) is 5.69 Å². The lowest BCUT2D eigenvalue weighted by molar-refractivity contribution is -0.136. The fraction of sp³-hybridized carbons (Fsp3) is 0.235. The standard InChI is InChI=1S/C17H19NO6S2/c1-12-3-7-15(25(2,21)22)11-16(12)18-26(23,24)14-8-4-13(5-9-14)6-10-17(19)20/h3-5,7-9,11,18H,6,10H2,1-2H3,(H,19,20). The average Bonchev–Trinajstić information content (AvgIpc) is 2.54. The number of sulfonamides is 1. The second-order valence-corrected chi connectivity index (χ2v) is 9.59. The lowest BCUT2D eigenvalue weighted by Gasteiger charge is -2.12. The predicted octanol–water partition coefficient (Wildman–Crippen LogP) is 2.22. The number of hydrogen-bond acceptors (Lipinski definition) is 5. The molecule has 2 aromatic rings. The fourth-order valence-electron chi connectivity index (χ4n) is 2.23. The molecule has 0 atom stereocenters. The van der Waals surface area contributed by atoms with Gasteiger partial charge in [0.1, 0.15) is 0 Å². The van der Waals surface area contributed by atoms with Crippen molar-refractivity contribution in [1.82, 2.24) is 0 Å². The molecule has 0 fully saturated rings. The Kier molecular flexibility index (Phi) is 5.72. The maximum absolute atomic E-state index is 12.5. The van der Waals surface area contributed by atoms with Crippen molar-refractivity contribution >= 4 is 31.5 Å². The van der Waals surface area contributed by atoms with Crippen molar-refractivity contribution in [3.63, 3.8) is 0 Å². The molecular weight excluding hydrogens is 378 g/mol. The lowest BCUT2D eigenvalue weighted by atomic mass is 10.1. The van der Waals surface area contributed by atoms with Crippen molar-refractivity contribution in [2.75, 3.05) is 11.0 Å². The molecule has 7 nitrogen and oxygen atoms in total. The summed E-state index contributed by atoms with van der Waals surface area (Å²) >= 11 is 0. The van der Waals surface area contributed by atoms with E-state index in [2.05, 4.69) is 4.72 Å². The number of benzene rings is 2. The van der Waals surface area contributed by atoms with Gasteiger partial charge in [0.15, 0.2) is 9.84 Å². The molecule has 2 aromatic carbocycles. The number of rotatable bonds is 7. The van der Waals surface area contributed by atoms with Gasteiger partial charge in [-0.1, -0.05) is 18.2 Å². The predicted molar refractivity (Wildman–Crippen MR) is 97.5 cm³/mol.